The summed E-state index contributed by atoms with van der Waals surface area (Å²) in [4.78, 5) is -0.00637. The van der Waals surface area contributed by atoms with Crippen molar-refractivity contribution in [2.75, 3.05) is 33.0 Å². The number of nitrogens with zero attached hydrogens (tertiary/aromatic N) is 2. The molecule has 0 saturated heterocycles. The van der Waals surface area contributed by atoms with Gasteiger partial charge in [-0.3, -0.25) is 0 Å². The average molecular weight is 499 g/mol. The van der Waals surface area contributed by atoms with Crippen LogP contribution in [-0.2, 0) is 20.0 Å². The summed E-state index contributed by atoms with van der Waals surface area (Å²) >= 11 is 0. The van der Waals surface area contributed by atoms with E-state index in [1.807, 2.05) is 6.92 Å². The molecule has 8 nitrogen and oxygen atoms in total. The molecule has 1 N–H and O–H groups in total. The first kappa shape index (κ1) is 26.0. The zero-order chi connectivity index (χ0) is 24.4. The zero-order valence-electron chi connectivity index (χ0n) is 19.7. The van der Waals surface area contributed by atoms with Crippen LogP contribution in [-0.4, -0.2) is 75.7 Å². The van der Waals surface area contributed by atoms with E-state index in [1.54, 1.807) is 19.1 Å². The van der Waals surface area contributed by atoms with Crippen LogP contribution in [0.1, 0.15) is 45.1 Å². The van der Waals surface area contributed by atoms with Crippen molar-refractivity contribution >= 4 is 20.0 Å². The van der Waals surface area contributed by atoms with Crippen LogP contribution in [0.3, 0.4) is 0 Å². The molecule has 1 fully saturated rings. The van der Waals surface area contributed by atoms with Crippen molar-refractivity contribution < 1.29 is 26.7 Å². The number of rotatable bonds is 5. The first-order chi connectivity index (χ1) is 15.4. The van der Waals surface area contributed by atoms with Gasteiger partial charge < -0.3 is 9.84 Å². The second-order valence-electron chi connectivity index (χ2n) is 9.20. The normalized spacial score (nSPS) is 24.8. The van der Waals surface area contributed by atoms with E-state index in [-0.39, 0.29) is 36.3 Å². The number of hydrogen-bond donors (Lipinski definition) is 1. The van der Waals surface area contributed by atoms with Crippen molar-refractivity contribution in [3.05, 3.63) is 23.8 Å². The summed E-state index contributed by atoms with van der Waals surface area (Å²) in [6.45, 7) is 3.29. The molecule has 1 aliphatic carbocycles. The second kappa shape index (κ2) is 10.3. The molecule has 0 amide bonds. The van der Waals surface area contributed by atoms with E-state index in [0.29, 0.717) is 11.5 Å². The summed E-state index contributed by atoms with van der Waals surface area (Å²) in [6, 6.07) is 4.15. The quantitative estimate of drug-likeness (QED) is 0.622. The summed E-state index contributed by atoms with van der Waals surface area (Å²) in [7, 11) is -5.92. The third-order valence-electron chi connectivity index (χ3n) is 6.45. The molecule has 0 bridgehead atoms. The van der Waals surface area contributed by atoms with E-state index in [9.17, 15) is 21.9 Å². The molecule has 1 aromatic carbocycles. The van der Waals surface area contributed by atoms with E-state index in [0.717, 1.165) is 19.1 Å². The highest BCUT2D eigenvalue weighted by atomic mass is 32.2. The molecule has 0 spiro atoms. The smallest absolute Gasteiger partial charge is 0.247 e. The number of aliphatic hydroxyl groups excluding tert-OH is 1. The Bertz CT molecular complexity index is 1120. The minimum absolute atomic E-state index is 0.00637. The van der Waals surface area contributed by atoms with Crippen molar-refractivity contribution in [2.24, 2.45) is 11.8 Å². The lowest BCUT2D eigenvalue weighted by molar-refractivity contribution is 0.0905. The van der Waals surface area contributed by atoms with Gasteiger partial charge in [0.1, 0.15) is 16.7 Å². The number of sulfonamides is 2. The minimum Gasteiger partial charge on any atom is -0.487 e. The van der Waals surface area contributed by atoms with Gasteiger partial charge in [-0.15, -0.1) is 0 Å². The maximum Gasteiger partial charge on any atom is 0.247 e. The van der Waals surface area contributed by atoms with Crippen LogP contribution in [0.2, 0.25) is 0 Å². The topological polar surface area (TPSA) is 104 Å². The zero-order valence-corrected chi connectivity index (χ0v) is 21.3. The van der Waals surface area contributed by atoms with Gasteiger partial charge in [-0.2, -0.15) is 4.31 Å². The Hall–Kier alpha value is -1.64. The predicted octanol–water partition coefficient (Wildman–Crippen LogP) is 1.89. The third kappa shape index (κ3) is 6.08. The summed E-state index contributed by atoms with van der Waals surface area (Å²) in [6.07, 6.45) is 5.04. The number of aliphatic hydroxyl groups is 1. The van der Waals surface area contributed by atoms with Gasteiger partial charge in [0, 0.05) is 37.0 Å². The van der Waals surface area contributed by atoms with E-state index in [2.05, 4.69) is 11.8 Å². The van der Waals surface area contributed by atoms with Gasteiger partial charge in [0.15, 0.2) is 0 Å². The Labute approximate surface area is 198 Å². The van der Waals surface area contributed by atoms with E-state index in [4.69, 9.17) is 4.74 Å². The molecule has 2 aliphatic rings. The lowest BCUT2D eigenvalue weighted by Gasteiger charge is -2.37. The maximum atomic E-state index is 13.5. The molecule has 1 heterocycles. The monoisotopic (exact) mass is 498 g/mol. The fourth-order valence-electron chi connectivity index (χ4n) is 4.17. The van der Waals surface area contributed by atoms with Crippen LogP contribution in [0.25, 0.3) is 0 Å². The van der Waals surface area contributed by atoms with Gasteiger partial charge in [-0.25, -0.2) is 21.1 Å². The van der Waals surface area contributed by atoms with E-state index < -0.39 is 32.2 Å². The van der Waals surface area contributed by atoms with Crippen LogP contribution < -0.4 is 4.74 Å². The summed E-state index contributed by atoms with van der Waals surface area (Å²) in [5.41, 5.74) is 0.654. The third-order valence-corrected chi connectivity index (χ3v) is 9.75. The first-order valence-corrected chi connectivity index (χ1v) is 14.6. The Morgan fingerprint density at radius 3 is 2.58 bits per heavy atom. The number of benzene rings is 1. The molecule has 184 valence electrons. The van der Waals surface area contributed by atoms with Gasteiger partial charge >= 0.3 is 0 Å². The minimum atomic E-state index is -3.95. The molecular formula is C23H34N2O6S2. The van der Waals surface area contributed by atoms with Gasteiger partial charge in [0.05, 0.1) is 19.4 Å². The highest BCUT2D eigenvalue weighted by molar-refractivity contribution is 7.89. The summed E-state index contributed by atoms with van der Waals surface area (Å²) in [5, 5.41) is 9.71. The van der Waals surface area contributed by atoms with Crippen molar-refractivity contribution in [1.29, 1.82) is 0 Å². The molecular weight excluding hydrogens is 464 g/mol. The van der Waals surface area contributed by atoms with E-state index in [1.165, 1.54) is 34.6 Å². The van der Waals surface area contributed by atoms with Crippen LogP contribution in [0, 0.1) is 23.7 Å². The molecule has 1 aromatic rings. The first-order valence-electron chi connectivity index (χ1n) is 11.3. The Kier molecular flexibility index (Phi) is 8.12. The average Bonchev–Trinajstić information content (AvgIpc) is 3.27. The molecule has 0 unspecified atom stereocenters. The van der Waals surface area contributed by atoms with E-state index >= 15 is 0 Å². The highest BCUT2D eigenvalue weighted by Gasteiger charge is 2.38. The van der Waals surface area contributed by atoms with Crippen molar-refractivity contribution in [3.8, 4) is 17.6 Å². The summed E-state index contributed by atoms with van der Waals surface area (Å²) in [5.74, 6) is 6.60. The molecule has 1 aliphatic heterocycles. The maximum absolute atomic E-state index is 13.5. The van der Waals surface area contributed by atoms with Gasteiger partial charge in [0.25, 0.3) is 0 Å². The Morgan fingerprint density at radius 2 is 1.97 bits per heavy atom. The number of likely N-dealkylation sites (N-methyl/N-ethyl adjacent to an activating group) is 1. The van der Waals surface area contributed by atoms with Crippen LogP contribution in [0.4, 0.5) is 0 Å². The second-order valence-corrected chi connectivity index (χ2v) is 13.1. The number of hydrogen-bond acceptors (Lipinski definition) is 6. The van der Waals surface area contributed by atoms with Crippen molar-refractivity contribution in [1.82, 2.24) is 8.61 Å². The van der Waals surface area contributed by atoms with Gasteiger partial charge in [0.2, 0.25) is 20.0 Å². The Morgan fingerprint density at radius 1 is 1.30 bits per heavy atom. The predicted molar refractivity (Wildman–Crippen MR) is 127 cm³/mol. The SMILES string of the molecule is C[C@@H]1CN([C@@H](C)CO)S(=O)(=O)c2ccc(C#CC3CCCC3)cc2O[C@H]1CN(C)S(C)(=O)=O. The molecule has 0 radical (unpaired) electrons. The fourth-order valence-corrected chi connectivity index (χ4v) is 6.41. The molecule has 3 atom stereocenters. The lowest BCUT2D eigenvalue weighted by Crippen LogP contribution is -2.50. The van der Waals surface area contributed by atoms with Gasteiger partial charge in [-0.1, -0.05) is 31.6 Å². The number of fused-ring (bicyclic) bond motifs is 1. The number of ether oxygens (including phenoxy) is 1. The van der Waals surface area contributed by atoms with Crippen LogP contribution in [0.15, 0.2) is 23.1 Å². The molecule has 10 heteroatoms. The molecule has 1 saturated carbocycles. The van der Waals surface area contributed by atoms with Crippen LogP contribution in [0.5, 0.6) is 5.75 Å². The van der Waals surface area contributed by atoms with Crippen molar-refractivity contribution in [2.45, 2.75) is 56.6 Å². The van der Waals surface area contributed by atoms with Crippen LogP contribution >= 0.6 is 0 Å². The molecule has 33 heavy (non-hydrogen) atoms. The molecule has 3 rings (SSSR count). The van der Waals surface area contributed by atoms with Crippen molar-refractivity contribution in [3.63, 3.8) is 0 Å². The standard InChI is InChI=1S/C23H34N2O6S2/c1-17-14-25(18(2)16-26)33(29,30)23-12-11-20(10-9-19-7-5-6-8-19)13-21(23)31-22(17)15-24(3)32(4,27)28/h11-13,17-19,22,26H,5-8,14-16H2,1-4H3/t17-,18+,22+/m1/s1. The summed E-state index contributed by atoms with van der Waals surface area (Å²) < 4.78 is 59.6. The fraction of sp³-hybridized carbons (Fsp3) is 0.652. The van der Waals surface area contributed by atoms with Gasteiger partial charge in [-0.05, 0) is 38.0 Å². The highest BCUT2D eigenvalue weighted by Crippen LogP contribution is 2.34. The lowest BCUT2D eigenvalue weighted by atomic mass is 10.0. The largest absolute Gasteiger partial charge is 0.487 e. The Balaban J connectivity index is 2.05. The molecule has 0 aromatic heterocycles.